The van der Waals surface area contributed by atoms with Gasteiger partial charge in [-0.3, -0.25) is 14.2 Å². The maximum atomic E-state index is 13.1. The van der Waals surface area contributed by atoms with Crippen molar-refractivity contribution in [1.29, 1.82) is 0 Å². The zero-order valence-corrected chi connectivity index (χ0v) is 17.9. The van der Waals surface area contributed by atoms with Gasteiger partial charge in [-0.2, -0.15) is 5.10 Å². The summed E-state index contributed by atoms with van der Waals surface area (Å²) in [4.78, 5) is 30.5. The number of carbonyl (C=O) groups is 1. The molecular weight excluding hydrogens is 386 g/mol. The van der Waals surface area contributed by atoms with Crippen molar-refractivity contribution in [1.82, 2.24) is 24.6 Å². The SMILES string of the molecule is CC(NC(=O)CC1CSc2nc3c(cnn3C(C)(C)C)c(=O)n21)c1ccccc1. The predicted octanol–water partition coefficient (Wildman–Crippen LogP) is 3.26. The first-order chi connectivity index (χ1) is 13.8. The lowest BCUT2D eigenvalue weighted by molar-refractivity contribution is -0.122. The molecule has 3 aromatic rings. The maximum Gasteiger partial charge on any atom is 0.265 e. The van der Waals surface area contributed by atoms with Gasteiger partial charge in [0.1, 0.15) is 5.39 Å². The molecule has 1 aliphatic rings. The van der Waals surface area contributed by atoms with Crippen molar-refractivity contribution >= 4 is 28.7 Å². The van der Waals surface area contributed by atoms with Gasteiger partial charge in [0.05, 0.1) is 23.8 Å². The number of rotatable bonds is 4. The first kappa shape index (κ1) is 19.7. The average Bonchev–Trinajstić information content (AvgIpc) is 3.27. The Morgan fingerprint density at radius 3 is 2.72 bits per heavy atom. The predicted molar refractivity (Wildman–Crippen MR) is 114 cm³/mol. The Hall–Kier alpha value is -2.61. The van der Waals surface area contributed by atoms with Crippen LogP contribution in [0.3, 0.4) is 0 Å². The zero-order chi connectivity index (χ0) is 20.8. The standard InChI is InChI=1S/C21H25N5O2S/c1-13(14-8-6-5-7-9-14)23-17(27)10-15-12-29-20-24-18-16(19(28)25(15)20)11-22-26(18)21(2,3)4/h5-9,11,13,15H,10,12H2,1-4H3,(H,23,27). The van der Waals surface area contributed by atoms with Crippen LogP contribution in [0.15, 0.2) is 46.5 Å². The minimum atomic E-state index is -0.268. The molecule has 0 saturated carbocycles. The number of carbonyl (C=O) groups excluding carboxylic acids is 1. The summed E-state index contributed by atoms with van der Waals surface area (Å²) in [5.74, 6) is 0.586. The molecule has 1 aromatic carbocycles. The van der Waals surface area contributed by atoms with Gasteiger partial charge in [0.15, 0.2) is 10.8 Å². The molecule has 1 amide bonds. The number of aromatic nitrogens is 4. The molecule has 0 aliphatic carbocycles. The quantitative estimate of drug-likeness (QED) is 0.667. The molecule has 2 atom stereocenters. The largest absolute Gasteiger partial charge is 0.350 e. The Morgan fingerprint density at radius 2 is 2.03 bits per heavy atom. The van der Waals surface area contributed by atoms with Gasteiger partial charge in [0.2, 0.25) is 5.91 Å². The van der Waals surface area contributed by atoms with E-state index >= 15 is 0 Å². The fourth-order valence-corrected chi connectivity index (χ4v) is 4.74. The van der Waals surface area contributed by atoms with E-state index in [9.17, 15) is 9.59 Å². The Balaban J connectivity index is 1.57. The summed E-state index contributed by atoms with van der Waals surface area (Å²) in [5.41, 5.74) is 1.26. The van der Waals surface area contributed by atoms with E-state index in [0.29, 0.717) is 21.9 Å². The number of fused-ring (bicyclic) bond motifs is 2. The monoisotopic (exact) mass is 411 g/mol. The third-order valence-electron chi connectivity index (χ3n) is 5.10. The van der Waals surface area contributed by atoms with Gasteiger partial charge in [-0.1, -0.05) is 42.1 Å². The van der Waals surface area contributed by atoms with Crippen molar-refractivity contribution in [3.63, 3.8) is 0 Å². The second kappa shape index (κ2) is 7.33. The van der Waals surface area contributed by atoms with Gasteiger partial charge in [-0.05, 0) is 33.3 Å². The zero-order valence-electron chi connectivity index (χ0n) is 17.0. The molecule has 152 valence electrons. The molecule has 29 heavy (non-hydrogen) atoms. The second-order valence-electron chi connectivity index (χ2n) is 8.40. The average molecular weight is 412 g/mol. The topological polar surface area (TPSA) is 81.8 Å². The van der Waals surface area contributed by atoms with Gasteiger partial charge >= 0.3 is 0 Å². The smallest absolute Gasteiger partial charge is 0.265 e. The highest BCUT2D eigenvalue weighted by Crippen LogP contribution is 2.33. The molecule has 0 radical (unpaired) electrons. The summed E-state index contributed by atoms with van der Waals surface area (Å²) in [7, 11) is 0. The van der Waals surface area contributed by atoms with Crippen LogP contribution in [0.5, 0.6) is 0 Å². The summed E-state index contributed by atoms with van der Waals surface area (Å²) < 4.78 is 3.45. The molecule has 1 aliphatic heterocycles. The normalized spacial score (nSPS) is 17.3. The first-order valence-electron chi connectivity index (χ1n) is 9.73. The number of benzene rings is 1. The van der Waals surface area contributed by atoms with Crippen LogP contribution in [0.2, 0.25) is 0 Å². The Morgan fingerprint density at radius 1 is 1.31 bits per heavy atom. The van der Waals surface area contributed by atoms with E-state index in [1.54, 1.807) is 15.4 Å². The Kier molecular flexibility index (Phi) is 4.98. The van der Waals surface area contributed by atoms with E-state index in [4.69, 9.17) is 4.98 Å². The van der Waals surface area contributed by atoms with Gasteiger partial charge in [0, 0.05) is 12.2 Å². The van der Waals surface area contributed by atoms with E-state index in [2.05, 4.69) is 10.4 Å². The molecule has 7 nitrogen and oxygen atoms in total. The van der Waals surface area contributed by atoms with Gasteiger partial charge in [-0.15, -0.1) is 0 Å². The first-order valence-corrected chi connectivity index (χ1v) is 10.7. The molecular formula is C21H25N5O2S. The lowest BCUT2D eigenvalue weighted by Crippen LogP contribution is -2.32. The highest BCUT2D eigenvalue weighted by molar-refractivity contribution is 7.99. The number of hydrogen-bond acceptors (Lipinski definition) is 5. The molecule has 0 bridgehead atoms. The van der Waals surface area contributed by atoms with Crippen LogP contribution in [0.1, 0.15) is 51.8 Å². The maximum absolute atomic E-state index is 13.1. The van der Waals surface area contributed by atoms with Crippen molar-refractivity contribution in [3.8, 4) is 0 Å². The lowest BCUT2D eigenvalue weighted by Gasteiger charge is -2.20. The number of amides is 1. The molecule has 1 N–H and O–H groups in total. The van der Waals surface area contributed by atoms with Gasteiger partial charge < -0.3 is 5.32 Å². The van der Waals surface area contributed by atoms with Crippen LogP contribution in [0.25, 0.3) is 11.0 Å². The highest BCUT2D eigenvalue weighted by Gasteiger charge is 2.30. The molecule has 8 heteroatoms. The van der Waals surface area contributed by atoms with Crippen molar-refractivity contribution in [2.24, 2.45) is 0 Å². The van der Waals surface area contributed by atoms with Crippen LogP contribution in [-0.2, 0) is 10.3 Å². The summed E-state index contributed by atoms with van der Waals surface area (Å²) >= 11 is 1.52. The molecule has 4 rings (SSSR count). The number of nitrogens with zero attached hydrogens (tertiary/aromatic N) is 4. The van der Waals surface area contributed by atoms with Crippen molar-refractivity contribution in [3.05, 3.63) is 52.4 Å². The van der Waals surface area contributed by atoms with Crippen LogP contribution >= 0.6 is 11.8 Å². The minimum Gasteiger partial charge on any atom is -0.350 e. The van der Waals surface area contributed by atoms with Crippen LogP contribution < -0.4 is 10.9 Å². The minimum absolute atomic E-state index is 0.0720. The van der Waals surface area contributed by atoms with Crippen molar-refractivity contribution in [2.45, 2.75) is 56.9 Å². The van der Waals surface area contributed by atoms with E-state index in [1.165, 1.54) is 11.8 Å². The third-order valence-corrected chi connectivity index (χ3v) is 6.20. The summed E-state index contributed by atoms with van der Waals surface area (Å²) in [6.07, 6.45) is 1.83. The molecule has 0 fully saturated rings. The van der Waals surface area contributed by atoms with E-state index in [1.807, 2.05) is 58.0 Å². The highest BCUT2D eigenvalue weighted by atomic mass is 32.2. The van der Waals surface area contributed by atoms with E-state index in [-0.39, 0.29) is 35.5 Å². The molecule has 2 unspecified atom stereocenters. The van der Waals surface area contributed by atoms with Crippen molar-refractivity contribution < 1.29 is 4.79 Å². The molecule has 2 aromatic heterocycles. The van der Waals surface area contributed by atoms with E-state index < -0.39 is 0 Å². The fraction of sp³-hybridized carbons (Fsp3) is 0.429. The van der Waals surface area contributed by atoms with Crippen LogP contribution in [-0.4, -0.2) is 31.0 Å². The number of thioether (sulfide) groups is 1. The van der Waals surface area contributed by atoms with Crippen LogP contribution in [0, 0.1) is 0 Å². The van der Waals surface area contributed by atoms with Crippen molar-refractivity contribution in [2.75, 3.05) is 5.75 Å². The van der Waals surface area contributed by atoms with Gasteiger partial charge in [0.25, 0.3) is 5.56 Å². The fourth-order valence-electron chi connectivity index (χ4n) is 3.61. The molecule has 0 saturated heterocycles. The van der Waals surface area contributed by atoms with E-state index in [0.717, 1.165) is 5.56 Å². The lowest BCUT2D eigenvalue weighted by atomic mass is 10.1. The number of nitrogens with one attached hydrogen (secondary N) is 1. The Labute approximate surface area is 173 Å². The second-order valence-corrected chi connectivity index (χ2v) is 9.39. The molecule has 3 heterocycles. The molecule has 0 spiro atoms. The Bertz CT molecular complexity index is 1110. The summed E-state index contributed by atoms with van der Waals surface area (Å²) in [5, 5.41) is 8.56. The number of hydrogen-bond donors (Lipinski definition) is 1. The van der Waals surface area contributed by atoms with Crippen LogP contribution in [0.4, 0.5) is 0 Å². The summed E-state index contributed by atoms with van der Waals surface area (Å²) in [6, 6.07) is 9.55. The third kappa shape index (κ3) is 3.69. The summed E-state index contributed by atoms with van der Waals surface area (Å²) in [6.45, 7) is 8.04. The van der Waals surface area contributed by atoms with Gasteiger partial charge in [-0.25, -0.2) is 9.67 Å².